The van der Waals surface area contributed by atoms with Crippen LogP contribution in [0.1, 0.15) is 53.4 Å². The van der Waals surface area contributed by atoms with E-state index >= 15 is 0 Å². The molecule has 0 radical (unpaired) electrons. The zero-order valence-electron chi connectivity index (χ0n) is 14.0. The third kappa shape index (κ3) is 8.58. The molecule has 0 aliphatic heterocycles. The van der Waals surface area contributed by atoms with Crippen LogP contribution < -0.4 is 16.0 Å². The second-order valence-electron chi connectivity index (χ2n) is 6.34. The molecule has 1 aliphatic carbocycles. The van der Waals surface area contributed by atoms with Gasteiger partial charge in [-0.05, 0) is 45.4 Å². The number of hydrogen-bond acceptors (Lipinski definition) is 2. The Bertz CT molecular complexity index is 337. The molecule has 3 N–H and O–H groups in total. The molecule has 5 heteroatoms. The van der Waals surface area contributed by atoms with Gasteiger partial charge in [0.15, 0.2) is 5.96 Å². The summed E-state index contributed by atoms with van der Waals surface area (Å²) in [5.41, 5.74) is 0. The molecule has 122 valence electrons. The van der Waals surface area contributed by atoms with E-state index in [1.165, 1.54) is 6.42 Å². The van der Waals surface area contributed by atoms with Crippen molar-refractivity contribution in [3.05, 3.63) is 0 Å². The maximum Gasteiger partial charge on any atom is 0.223 e. The standard InChI is InChI=1S/C16H32N4O/c1-5-17-16(20-13(4)7-6-12(2)3)19-11-10-18-15(21)14-8-9-14/h12-14H,5-11H2,1-4H3,(H,18,21)(H2,17,19,20). The van der Waals surface area contributed by atoms with E-state index in [4.69, 9.17) is 0 Å². The smallest absolute Gasteiger partial charge is 0.223 e. The summed E-state index contributed by atoms with van der Waals surface area (Å²) in [6.07, 6.45) is 4.45. The molecule has 1 amide bonds. The number of aliphatic imine (C=N–C) groups is 1. The fraction of sp³-hybridized carbons (Fsp3) is 0.875. The molecule has 5 nitrogen and oxygen atoms in total. The molecule has 21 heavy (non-hydrogen) atoms. The molecule has 0 aromatic heterocycles. The first-order valence-corrected chi connectivity index (χ1v) is 8.35. The SMILES string of the molecule is CCNC(=NCCNC(=O)C1CC1)NC(C)CCC(C)C. The number of amides is 1. The van der Waals surface area contributed by atoms with E-state index in [1.54, 1.807) is 0 Å². The van der Waals surface area contributed by atoms with Gasteiger partial charge in [-0.15, -0.1) is 0 Å². The minimum atomic E-state index is 0.188. The van der Waals surface area contributed by atoms with Crippen LogP contribution in [0, 0.1) is 11.8 Å². The van der Waals surface area contributed by atoms with Crippen molar-refractivity contribution in [2.75, 3.05) is 19.6 Å². The quantitative estimate of drug-likeness (QED) is 0.346. The van der Waals surface area contributed by atoms with Crippen molar-refractivity contribution in [1.82, 2.24) is 16.0 Å². The number of nitrogens with zero attached hydrogens (tertiary/aromatic N) is 1. The third-order valence-corrected chi connectivity index (χ3v) is 3.53. The topological polar surface area (TPSA) is 65.5 Å². The summed E-state index contributed by atoms with van der Waals surface area (Å²) < 4.78 is 0. The minimum Gasteiger partial charge on any atom is -0.357 e. The maximum absolute atomic E-state index is 11.5. The first-order valence-electron chi connectivity index (χ1n) is 8.35. The molecule has 0 saturated heterocycles. The third-order valence-electron chi connectivity index (χ3n) is 3.53. The summed E-state index contributed by atoms with van der Waals surface area (Å²) in [4.78, 5) is 16.0. The Labute approximate surface area is 129 Å². The highest BCUT2D eigenvalue weighted by Gasteiger charge is 2.28. The molecule has 0 aromatic carbocycles. The lowest BCUT2D eigenvalue weighted by Gasteiger charge is -2.18. The predicted molar refractivity (Wildman–Crippen MR) is 88.4 cm³/mol. The van der Waals surface area contributed by atoms with Gasteiger partial charge in [0.2, 0.25) is 5.91 Å². The largest absolute Gasteiger partial charge is 0.357 e. The molecule has 0 heterocycles. The van der Waals surface area contributed by atoms with E-state index in [-0.39, 0.29) is 11.8 Å². The lowest BCUT2D eigenvalue weighted by Crippen LogP contribution is -2.42. The molecule has 1 rings (SSSR count). The zero-order valence-corrected chi connectivity index (χ0v) is 14.0. The molecular weight excluding hydrogens is 264 g/mol. The Hall–Kier alpha value is -1.26. The van der Waals surface area contributed by atoms with E-state index in [1.807, 2.05) is 0 Å². The van der Waals surface area contributed by atoms with E-state index < -0.39 is 0 Å². The molecule has 0 aromatic rings. The van der Waals surface area contributed by atoms with Gasteiger partial charge in [-0.1, -0.05) is 13.8 Å². The highest BCUT2D eigenvalue weighted by Crippen LogP contribution is 2.28. The van der Waals surface area contributed by atoms with Crippen LogP contribution in [-0.4, -0.2) is 37.5 Å². The fourth-order valence-electron chi connectivity index (χ4n) is 2.05. The van der Waals surface area contributed by atoms with Crippen molar-refractivity contribution >= 4 is 11.9 Å². The molecule has 1 atom stereocenters. The summed E-state index contributed by atoms with van der Waals surface area (Å²) in [5, 5.41) is 9.61. The van der Waals surface area contributed by atoms with Gasteiger partial charge in [0.05, 0.1) is 6.54 Å². The molecule has 0 spiro atoms. The number of carbonyl (C=O) groups excluding carboxylic acids is 1. The van der Waals surface area contributed by atoms with Gasteiger partial charge in [0.1, 0.15) is 0 Å². The number of nitrogens with one attached hydrogen (secondary N) is 3. The highest BCUT2D eigenvalue weighted by atomic mass is 16.2. The van der Waals surface area contributed by atoms with Crippen LogP contribution in [0.15, 0.2) is 4.99 Å². The summed E-state index contributed by atoms with van der Waals surface area (Å²) >= 11 is 0. The first-order chi connectivity index (χ1) is 10.0. The van der Waals surface area contributed by atoms with Crippen molar-refractivity contribution < 1.29 is 4.79 Å². The number of guanidine groups is 1. The van der Waals surface area contributed by atoms with Gasteiger partial charge in [-0.3, -0.25) is 9.79 Å². The Morgan fingerprint density at radius 2 is 1.90 bits per heavy atom. The van der Waals surface area contributed by atoms with Gasteiger partial charge < -0.3 is 16.0 Å². The van der Waals surface area contributed by atoms with Crippen molar-refractivity contribution in [3.63, 3.8) is 0 Å². The number of hydrogen-bond donors (Lipinski definition) is 3. The van der Waals surface area contributed by atoms with Crippen molar-refractivity contribution in [2.24, 2.45) is 16.8 Å². The molecule has 0 bridgehead atoms. The number of rotatable bonds is 9. The summed E-state index contributed by atoms with van der Waals surface area (Å²) in [7, 11) is 0. The first kappa shape index (κ1) is 17.8. The van der Waals surface area contributed by atoms with Crippen molar-refractivity contribution in [3.8, 4) is 0 Å². The molecular formula is C16H32N4O. The Morgan fingerprint density at radius 3 is 2.48 bits per heavy atom. The highest BCUT2D eigenvalue weighted by molar-refractivity contribution is 5.81. The van der Waals surface area contributed by atoms with Crippen LogP contribution in [0.3, 0.4) is 0 Å². The fourth-order valence-corrected chi connectivity index (χ4v) is 2.05. The normalized spacial score (nSPS) is 16.7. The molecule has 1 fully saturated rings. The molecule has 1 unspecified atom stereocenters. The molecule has 1 aliphatic rings. The van der Waals surface area contributed by atoms with E-state index in [0.29, 0.717) is 19.1 Å². The summed E-state index contributed by atoms with van der Waals surface area (Å²) in [6, 6.07) is 0.409. The van der Waals surface area contributed by atoms with Crippen LogP contribution in [0.5, 0.6) is 0 Å². The molecule has 1 saturated carbocycles. The van der Waals surface area contributed by atoms with Crippen LogP contribution in [0.2, 0.25) is 0 Å². The van der Waals surface area contributed by atoms with Gasteiger partial charge in [-0.2, -0.15) is 0 Å². The van der Waals surface area contributed by atoms with Gasteiger partial charge in [0, 0.05) is 25.0 Å². The predicted octanol–water partition coefficient (Wildman–Crippen LogP) is 1.89. The van der Waals surface area contributed by atoms with Gasteiger partial charge in [-0.25, -0.2) is 0 Å². The van der Waals surface area contributed by atoms with Crippen molar-refractivity contribution in [2.45, 2.75) is 59.4 Å². The van der Waals surface area contributed by atoms with Crippen LogP contribution in [0.25, 0.3) is 0 Å². The lowest BCUT2D eigenvalue weighted by atomic mass is 10.0. The maximum atomic E-state index is 11.5. The summed E-state index contributed by atoms with van der Waals surface area (Å²) in [6.45, 7) is 10.8. The second kappa shape index (κ2) is 9.64. The van der Waals surface area contributed by atoms with Gasteiger partial charge in [0.25, 0.3) is 0 Å². The van der Waals surface area contributed by atoms with Crippen LogP contribution in [-0.2, 0) is 4.79 Å². The van der Waals surface area contributed by atoms with Crippen LogP contribution >= 0.6 is 0 Å². The zero-order chi connectivity index (χ0) is 15.7. The minimum absolute atomic E-state index is 0.188. The van der Waals surface area contributed by atoms with E-state index in [0.717, 1.165) is 37.7 Å². The Morgan fingerprint density at radius 1 is 1.19 bits per heavy atom. The monoisotopic (exact) mass is 296 g/mol. The van der Waals surface area contributed by atoms with Crippen molar-refractivity contribution in [1.29, 1.82) is 0 Å². The second-order valence-corrected chi connectivity index (χ2v) is 6.34. The van der Waals surface area contributed by atoms with E-state index in [9.17, 15) is 4.79 Å². The number of carbonyl (C=O) groups is 1. The van der Waals surface area contributed by atoms with Gasteiger partial charge >= 0.3 is 0 Å². The van der Waals surface area contributed by atoms with Crippen LogP contribution in [0.4, 0.5) is 0 Å². The average Bonchev–Trinajstić information content (AvgIpc) is 3.25. The lowest BCUT2D eigenvalue weighted by molar-refractivity contribution is -0.122. The summed E-state index contributed by atoms with van der Waals surface area (Å²) in [5.74, 6) is 2.03. The Kier molecular flexibility index (Phi) is 8.16. The average molecular weight is 296 g/mol. The van der Waals surface area contributed by atoms with E-state index in [2.05, 4.69) is 48.6 Å². The Balaban J connectivity index is 2.25.